The molecular weight excluding hydrogens is 657 g/mol. The van der Waals surface area contributed by atoms with Gasteiger partial charge in [-0.2, -0.15) is 0 Å². The van der Waals surface area contributed by atoms with Crippen LogP contribution < -0.4 is 10.6 Å². The fourth-order valence-corrected chi connectivity index (χ4v) is 10.6. The maximum absolute atomic E-state index is 13.6. The fourth-order valence-electron chi connectivity index (χ4n) is 5.20. The Morgan fingerprint density at radius 1 is 1.02 bits per heavy atom. The van der Waals surface area contributed by atoms with Crippen LogP contribution in [-0.4, -0.2) is 100 Å². The number of imidazole rings is 1. The van der Waals surface area contributed by atoms with E-state index in [1.165, 1.54) is 17.2 Å². The summed E-state index contributed by atoms with van der Waals surface area (Å²) in [4.78, 5) is 25.1. The molecule has 0 aliphatic carbocycles. The van der Waals surface area contributed by atoms with Crippen LogP contribution in [0.25, 0.3) is 17.2 Å². The van der Waals surface area contributed by atoms with Gasteiger partial charge >= 0.3 is 6.03 Å². The number of amides is 2. The highest BCUT2D eigenvalue weighted by Crippen LogP contribution is 2.48. The average molecular weight is 693 g/mol. The minimum atomic E-state index is -4.55. The van der Waals surface area contributed by atoms with Crippen molar-refractivity contribution in [1.29, 1.82) is 0 Å². The van der Waals surface area contributed by atoms with Gasteiger partial charge in [-0.15, -0.1) is 0 Å². The molecule has 18 heteroatoms. The number of benzene rings is 1. The predicted molar refractivity (Wildman–Crippen MR) is 170 cm³/mol. The summed E-state index contributed by atoms with van der Waals surface area (Å²) in [7, 11) is -9.64. The van der Waals surface area contributed by atoms with Crippen LogP contribution in [0.5, 0.6) is 0 Å². The van der Waals surface area contributed by atoms with E-state index in [9.17, 15) is 21.6 Å². The highest BCUT2D eigenvalue weighted by Gasteiger charge is 2.69. The third-order valence-electron chi connectivity index (χ3n) is 7.10. The molecule has 0 saturated carbocycles. The first-order chi connectivity index (χ1) is 21.6. The Labute approximate surface area is 269 Å². The first kappa shape index (κ1) is 34.1. The summed E-state index contributed by atoms with van der Waals surface area (Å²) in [6.07, 6.45) is 1.48. The molecule has 5 rings (SSSR count). The molecule has 2 aromatic heterocycles. The molecule has 2 N–H and O–H groups in total. The van der Waals surface area contributed by atoms with Crippen molar-refractivity contribution in [3.63, 3.8) is 0 Å². The maximum atomic E-state index is 13.6. The van der Waals surface area contributed by atoms with E-state index in [4.69, 9.17) is 18.6 Å². The summed E-state index contributed by atoms with van der Waals surface area (Å²) in [5.41, 5.74) is 1.27. The second kappa shape index (κ2) is 12.7. The van der Waals surface area contributed by atoms with Gasteiger partial charge in [0.2, 0.25) is 9.76 Å². The Hall–Kier alpha value is -3.26. The van der Waals surface area contributed by atoms with Crippen molar-refractivity contribution >= 4 is 58.5 Å². The fraction of sp³-hybridized carbons (Fsp3) is 0.500. The molecule has 2 aliphatic heterocycles. The zero-order chi connectivity index (χ0) is 33.5. The summed E-state index contributed by atoms with van der Waals surface area (Å²) in [6, 6.07) is 8.87. The number of carbonyl (C=O) groups is 1. The van der Waals surface area contributed by atoms with Crippen molar-refractivity contribution in [3.8, 4) is 0 Å². The third-order valence-corrected chi connectivity index (χ3v) is 12.9. The minimum absolute atomic E-state index is 0.115. The Balaban J connectivity index is 1.61. The lowest BCUT2D eigenvalue weighted by molar-refractivity contribution is -0.141. The monoisotopic (exact) mass is 692 g/mol. The largest absolute Gasteiger partial charge is 0.385 e. The number of nitrogens with one attached hydrogen (secondary N) is 2. The van der Waals surface area contributed by atoms with Gasteiger partial charge in [-0.3, -0.25) is 9.88 Å². The van der Waals surface area contributed by atoms with E-state index in [0.29, 0.717) is 6.54 Å². The van der Waals surface area contributed by atoms with Crippen LogP contribution in [0.15, 0.2) is 49.1 Å². The molecule has 0 bridgehead atoms. The number of aromatic nitrogens is 4. The predicted octanol–water partition coefficient (Wildman–Crippen LogP) is 2.29. The first-order valence-corrected chi connectivity index (χ1v) is 19.0. The number of anilines is 1. The number of rotatable bonds is 10. The average Bonchev–Trinajstić information content (AvgIpc) is 3.65. The summed E-state index contributed by atoms with van der Waals surface area (Å²) in [5, 5.41) is 4.64. The quantitative estimate of drug-likeness (QED) is 0.295. The van der Waals surface area contributed by atoms with Gasteiger partial charge in [0, 0.05) is 19.1 Å². The lowest BCUT2D eigenvalue weighted by Gasteiger charge is -2.38. The summed E-state index contributed by atoms with van der Waals surface area (Å²) < 4.78 is 77.9. The lowest BCUT2D eigenvalue weighted by atomic mass is 10.1. The SMILES string of the molecule is CCNC(=O)Nc1ncnc2c1ncn2C1OC(C(O[Si]C(C)(C)C)(S(C)(=O)=O)S(C)(=O)=O)C2OC(C=Cc3ccccc3)OC21. The topological polar surface area (TPSA) is 190 Å². The number of carbonyl (C=O) groups excluding carboxylic acids is 1. The molecule has 5 atom stereocenters. The number of nitrogens with zero attached hydrogens (tertiary/aromatic N) is 4. The van der Waals surface area contributed by atoms with Crippen molar-refractivity contribution in [2.75, 3.05) is 24.4 Å². The molecule has 248 valence electrons. The van der Waals surface area contributed by atoms with Crippen molar-refractivity contribution in [2.45, 2.75) is 67.8 Å². The van der Waals surface area contributed by atoms with Crippen molar-refractivity contribution in [2.24, 2.45) is 0 Å². The van der Waals surface area contributed by atoms with E-state index in [1.807, 2.05) is 30.3 Å². The molecule has 2 saturated heterocycles. The van der Waals surface area contributed by atoms with Crippen molar-refractivity contribution < 1.29 is 40.3 Å². The number of ether oxygens (including phenoxy) is 3. The number of fused-ring (bicyclic) bond motifs is 2. The van der Waals surface area contributed by atoms with Crippen LogP contribution in [0.3, 0.4) is 0 Å². The van der Waals surface area contributed by atoms with E-state index in [2.05, 4.69) is 25.6 Å². The van der Waals surface area contributed by atoms with Gasteiger partial charge in [-0.25, -0.2) is 36.6 Å². The van der Waals surface area contributed by atoms with Gasteiger partial charge in [0.1, 0.15) is 24.6 Å². The van der Waals surface area contributed by atoms with Crippen LogP contribution >= 0.6 is 0 Å². The summed E-state index contributed by atoms with van der Waals surface area (Å²) >= 11 is 0. The molecular formula is C28H36N6O9S2Si. The molecule has 2 fully saturated rings. The van der Waals surface area contributed by atoms with Crippen LogP contribution in [0, 0.1) is 0 Å². The second-order valence-corrected chi connectivity index (χ2v) is 18.4. The molecule has 5 unspecified atom stereocenters. The van der Waals surface area contributed by atoms with Crippen LogP contribution in [-0.2, 0) is 38.3 Å². The Morgan fingerprint density at radius 2 is 1.70 bits per heavy atom. The molecule has 15 nitrogen and oxygen atoms in total. The van der Waals surface area contributed by atoms with Gasteiger partial charge in [-0.1, -0.05) is 57.2 Å². The number of hydrogen-bond acceptors (Lipinski definition) is 12. The zero-order valence-electron chi connectivity index (χ0n) is 26.1. The van der Waals surface area contributed by atoms with Gasteiger partial charge in [-0.05, 0) is 23.6 Å². The lowest BCUT2D eigenvalue weighted by Crippen LogP contribution is -2.61. The van der Waals surface area contributed by atoms with E-state index >= 15 is 0 Å². The molecule has 4 heterocycles. The van der Waals surface area contributed by atoms with E-state index in [-0.39, 0.29) is 17.0 Å². The van der Waals surface area contributed by atoms with Crippen LogP contribution in [0.4, 0.5) is 10.6 Å². The van der Waals surface area contributed by atoms with Gasteiger partial charge < -0.3 is 24.0 Å². The maximum Gasteiger partial charge on any atom is 0.320 e. The normalized spacial score (nSPS) is 24.0. The van der Waals surface area contributed by atoms with Crippen molar-refractivity contribution in [1.82, 2.24) is 24.8 Å². The minimum Gasteiger partial charge on any atom is -0.385 e. The second-order valence-electron chi connectivity index (χ2n) is 11.9. The van der Waals surface area contributed by atoms with Gasteiger partial charge in [0.15, 0.2) is 49.2 Å². The highest BCUT2D eigenvalue weighted by molar-refractivity contribution is 8.09. The van der Waals surface area contributed by atoms with E-state index in [1.54, 1.807) is 39.8 Å². The molecule has 2 aliphatic rings. The zero-order valence-corrected chi connectivity index (χ0v) is 28.7. The molecule has 46 heavy (non-hydrogen) atoms. The molecule has 0 spiro atoms. The molecule has 2 amide bonds. The highest BCUT2D eigenvalue weighted by atomic mass is 32.3. The summed E-state index contributed by atoms with van der Waals surface area (Å²) in [6.45, 7) is 7.53. The van der Waals surface area contributed by atoms with Crippen LogP contribution in [0.2, 0.25) is 5.04 Å². The number of urea groups is 1. The Bertz CT molecular complexity index is 1800. The standard InChI is InChI=1S/C28H36N6O9S2Si/c1-7-29-26(35)33-23-19-24(31-15-30-23)34(16-32-19)25-21-20(40-18(41-21)14-13-17-11-9-8-10-12-17)22(42-25)28(44(5,36)37,45(6,38)39)43-46-27(2,3)4/h8-16,18,20-22,25H,7H2,1-6H3,(H2,29,30,31,33,35). The Morgan fingerprint density at radius 3 is 2.33 bits per heavy atom. The third kappa shape index (κ3) is 6.60. The van der Waals surface area contributed by atoms with Crippen LogP contribution in [0.1, 0.15) is 39.5 Å². The smallest absolute Gasteiger partial charge is 0.320 e. The Kier molecular flexibility index (Phi) is 9.44. The first-order valence-electron chi connectivity index (χ1n) is 14.3. The van der Waals surface area contributed by atoms with E-state index in [0.717, 1.165) is 18.1 Å². The van der Waals surface area contributed by atoms with E-state index < -0.39 is 75.6 Å². The summed E-state index contributed by atoms with van der Waals surface area (Å²) in [5.74, 6) is 0.115. The molecule has 2 radical (unpaired) electrons. The number of sulfone groups is 2. The van der Waals surface area contributed by atoms with Gasteiger partial charge in [0.25, 0.3) is 4.27 Å². The number of hydrogen-bond donors (Lipinski definition) is 2. The van der Waals surface area contributed by atoms with Crippen molar-refractivity contribution in [3.05, 3.63) is 54.6 Å². The molecule has 3 aromatic rings. The van der Waals surface area contributed by atoms with Gasteiger partial charge in [0.05, 0.1) is 6.33 Å². The molecule has 1 aromatic carbocycles.